The van der Waals surface area contributed by atoms with Gasteiger partial charge in [-0.05, 0) is 37.5 Å². The fourth-order valence-electron chi connectivity index (χ4n) is 2.13. The molecule has 1 aromatic heterocycles. The van der Waals surface area contributed by atoms with Crippen molar-refractivity contribution in [2.75, 3.05) is 11.1 Å². The highest BCUT2D eigenvalue weighted by molar-refractivity contribution is 9.10. The first kappa shape index (κ1) is 13.2. The number of halogens is 1. The lowest BCUT2D eigenvalue weighted by molar-refractivity contribution is 0.102. The van der Waals surface area contributed by atoms with Gasteiger partial charge in [-0.15, -0.1) is 0 Å². The number of aromatic amines is 1. The number of aromatic nitrogens is 2. The largest absolute Gasteiger partial charge is 0.395 e. The lowest BCUT2D eigenvalue weighted by atomic mass is 10.2. The maximum absolute atomic E-state index is 12.3. The maximum atomic E-state index is 12.3. The third-order valence-electron chi connectivity index (χ3n) is 3.48. The van der Waals surface area contributed by atoms with Gasteiger partial charge >= 0.3 is 0 Å². The molecule has 0 radical (unpaired) electrons. The van der Waals surface area contributed by atoms with E-state index in [0.717, 1.165) is 34.3 Å². The zero-order chi connectivity index (χ0) is 14.3. The lowest BCUT2D eigenvalue weighted by Gasteiger charge is -2.08. The molecule has 1 amide bonds. The predicted molar refractivity (Wildman–Crippen MR) is 81.8 cm³/mol. The Balaban J connectivity index is 1.84. The number of hydrogen-bond acceptors (Lipinski definition) is 3. The number of amides is 1. The minimum absolute atomic E-state index is 0.270. The van der Waals surface area contributed by atoms with E-state index in [4.69, 9.17) is 5.73 Å². The van der Waals surface area contributed by atoms with Crippen molar-refractivity contribution in [1.29, 1.82) is 0 Å². The Morgan fingerprint density at radius 2 is 2.25 bits per heavy atom. The molecule has 0 bridgehead atoms. The van der Waals surface area contributed by atoms with E-state index in [9.17, 15) is 4.79 Å². The number of carbonyl (C=O) groups is 1. The smallest absolute Gasteiger partial charge is 0.278 e. The van der Waals surface area contributed by atoms with E-state index in [0.29, 0.717) is 11.6 Å². The van der Waals surface area contributed by atoms with Crippen LogP contribution in [0, 0.1) is 6.92 Å². The van der Waals surface area contributed by atoms with Crippen LogP contribution in [-0.2, 0) is 0 Å². The van der Waals surface area contributed by atoms with Gasteiger partial charge in [-0.1, -0.05) is 22.0 Å². The van der Waals surface area contributed by atoms with Crippen molar-refractivity contribution in [2.45, 2.75) is 25.7 Å². The van der Waals surface area contributed by atoms with E-state index >= 15 is 0 Å². The number of nitrogens with one attached hydrogen (secondary N) is 2. The summed E-state index contributed by atoms with van der Waals surface area (Å²) in [5, 5.41) is 9.78. The Kier molecular flexibility index (Phi) is 3.25. The molecule has 5 nitrogen and oxygen atoms in total. The standard InChI is InChI=1S/C14H15BrN4O/c1-7-2-5-9(15)6-10(7)17-14(20)13-11(16)12(18-19-13)8-3-4-8/h2,5-6,8H,3-4,16H2,1H3,(H,17,20)(H,18,19). The summed E-state index contributed by atoms with van der Waals surface area (Å²) in [5.74, 6) is 0.156. The van der Waals surface area contributed by atoms with Gasteiger partial charge < -0.3 is 11.1 Å². The Hall–Kier alpha value is -1.82. The van der Waals surface area contributed by atoms with Crippen molar-refractivity contribution >= 4 is 33.2 Å². The summed E-state index contributed by atoms with van der Waals surface area (Å²) in [6.07, 6.45) is 2.22. The molecule has 0 unspecified atom stereocenters. The molecular weight excluding hydrogens is 320 g/mol. The van der Waals surface area contributed by atoms with E-state index < -0.39 is 0 Å². The summed E-state index contributed by atoms with van der Waals surface area (Å²) in [5.41, 5.74) is 9.37. The van der Waals surface area contributed by atoms with E-state index in [2.05, 4.69) is 31.4 Å². The van der Waals surface area contributed by atoms with Crippen LogP contribution in [0.3, 0.4) is 0 Å². The molecule has 2 aromatic rings. The molecule has 0 aliphatic heterocycles. The number of benzene rings is 1. The van der Waals surface area contributed by atoms with Gasteiger partial charge in [0.05, 0.1) is 11.4 Å². The molecule has 1 saturated carbocycles. The molecule has 4 N–H and O–H groups in total. The molecule has 1 fully saturated rings. The Morgan fingerprint density at radius 3 is 2.95 bits per heavy atom. The number of nitrogens with two attached hydrogens (primary N) is 1. The van der Waals surface area contributed by atoms with Crippen LogP contribution < -0.4 is 11.1 Å². The fraction of sp³-hybridized carbons (Fsp3) is 0.286. The Morgan fingerprint density at radius 1 is 1.50 bits per heavy atom. The van der Waals surface area contributed by atoms with Gasteiger partial charge in [-0.25, -0.2) is 0 Å². The molecule has 6 heteroatoms. The molecule has 1 heterocycles. The number of aryl methyl sites for hydroxylation is 1. The molecule has 0 saturated heterocycles. The van der Waals surface area contributed by atoms with Crippen molar-refractivity contribution in [3.8, 4) is 0 Å². The molecular formula is C14H15BrN4O. The second-order valence-corrected chi connectivity index (χ2v) is 6.00. The van der Waals surface area contributed by atoms with Crippen molar-refractivity contribution in [3.63, 3.8) is 0 Å². The fourth-order valence-corrected chi connectivity index (χ4v) is 2.49. The highest BCUT2D eigenvalue weighted by Crippen LogP contribution is 2.42. The highest BCUT2D eigenvalue weighted by atomic mass is 79.9. The van der Waals surface area contributed by atoms with Crippen molar-refractivity contribution in [3.05, 3.63) is 39.6 Å². The van der Waals surface area contributed by atoms with Gasteiger partial charge in [0.25, 0.3) is 5.91 Å². The average molecular weight is 335 g/mol. The van der Waals surface area contributed by atoms with E-state index in [1.807, 2.05) is 25.1 Å². The van der Waals surface area contributed by atoms with Crippen molar-refractivity contribution in [2.24, 2.45) is 0 Å². The van der Waals surface area contributed by atoms with Gasteiger partial charge in [-0.2, -0.15) is 5.10 Å². The van der Waals surface area contributed by atoms with Gasteiger partial charge in [-0.3, -0.25) is 9.89 Å². The van der Waals surface area contributed by atoms with E-state index in [1.165, 1.54) is 0 Å². The SMILES string of the molecule is Cc1ccc(Br)cc1NC(=O)c1n[nH]c(C2CC2)c1N. The van der Waals surface area contributed by atoms with Crippen LogP contribution >= 0.6 is 15.9 Å². The number of H-pyrrole nitrogens is 1. The zero-order valence-electron chi connectivity index (χ0n) is 11.0. The number of anilines is 2. The summed E-state index contributed by atoms with van der Waals surface area (Å²) in [6.45, 7) is 1.94. The van der Waals surface area contributed by atoms with Gasteiger partial charge in [0.2, 0.25) is 0 Å². The van der Waals surface area contributed by atoms with Crippen LogP contribution in [0.1, 0.15) is 40.5 Å². The maximum Gasteiger partial charge on any atom is 0.278 e. The summed E-state index contributed by atoms with van der Waals surface area (Å²) < 4.78 is 0.909. The van der Waals surface area contributed by atoms with Gasteiger partial charge in [0.15, 0.2) is 5.69 Å². The van der Waals surface area contributed by atoms with Crippen LogP contribution in [0.2, 0.25) is 0 Å². The summed E-state index contributed by atoms with van der Waals surface area (Å²) >= 11 is 3.39. The van der Waals surface area contributed by atoms with Gasteiger partial charge in [0, 0.05) is 16.1 Å². The van der Waals surface area contributed by atoms with Crippen LogP contribution in [0.4, 0.5) is 11.4 Å². The van der Waals surface area contributed by atoms with Crippen LogP contribution in [0.15, 0.2) is 22.7 Å². The van der Waals surface area contributed by atoms with Crippen molar-refractivity contribution < 1.29 is 4.79 Å². The lowest BCUT2D eigenvalue weighted by Crippen LogP contribution is -2.15. The third kappa shape index (κ3) is 2.43. The zero-order valence-corrected chi connectivity index (χ0v) is 12.6. The number of hydrogen-bond donors (Lipinski definition) is 3. The number of nitrogens with zero attached hydrogens (tertiary/aromatic N) is 1. The van der Waals surface area contributed by atoms with Crippen LogP contribution in [0.25, 0.3) is 0 Å². The normalized spacial score (nSPS) is 14.3. The average Bonchev–Trinajstić information content (AvgIpc) is 3.17. The first-order valence-electron chi connectivity index (χ1n) is 6.47. The molecule has 0 spiro atoms. The van der Waals surface area contributed by atoms with E-state index in [-0.39, 0.29) is 11.6 Å². The van der Waals surface area contributed by atoms with Crippen LogP contribution in [0.5, 0.6) is 0 Å². The molecule has 0 atom stereocenters. The topological polar surface area (TPSA) is 83.8 Å². The molecule has 3 rings (SSSR count). The molecule has 104 valence electrons. The molecule has 1 aromatic carbocycles. The summed E-state index contributed by atoms with van der Waals surface area (Å²) in [7, 11) is 0. The quantitative estimate of drug-likeness (QED) is 0.805. The minimum Gasteiger partial charge on any atom is -0.395 e. The van der Waals surface area contributed by atoms with Gasteiger partial charge in [0.1, 0.15) is 0 Å². The number of rotatable bonds is 3. The minimum atomic E-state index is -0.285. The molecule has 1 aliphatic rings. The first-order chi connectivity index (χ1) is 9.56. The predicted octanol–water partition coefficient (Wildman–Crippen LogP) is 3.19. The monoisotopic (exact) mass is 334 g/mol. The van der Waals surface area contributed by atoms with E-state index in [1.54, 1.807) is 0 Å². The number of nitrogen functional groups attached to an aromatic ring is 1. The third-order valence-corrected chi connectivity index (χ3v) is 3.98. The summed E-state index contributed by atoms with van der Waals surface area (Å²) in [4.78, 5) is 12.3. The van der Waals surface area contributed by atoms with Crippen molar-refractivity contribution in [1.82, 2.24) is 10.2 Å². The summed E-state index contributed by atoms with van der Waals surface area (Å²) in [6, 6.07) is 5.72. The Bertz CT molecular complexity index is 676. The second kappa shape index (κ2) is 4.94. The molecule has 20 heavy (non-hydrogen) atoms. The second-order valence-electron chi connectivity index (χ2n) is 5.09. The number of carbonyl (C=O) groups excluding carboxylic acids is 1. The highest BCUT2D eigenvalue weighted by Gasteiger charge is 2.30. The molecule has 1 aliphatic carbocycles. The first-order valence-corrected chi connectivity index (χ1v) is 7.27. The Labute approximate surface area is 125 Å². The van der Waals surface area contributed by atoms with Crippen LogP contribution in [-0.4, -0.2) is 16.1 Å².